The molecule has 3 aromatic rings. The molecule has 2 amide bonds. The standard InChI is InChI=1S/C24H30Cl2N8O2S/c1-16-11-20(25)30-23(26)22(16)24(36)27-7-3-17(2)32-8-4-19(5-9-32)33(12-18-6-10-37-14-18)21(35)13-34-29-15-28-31-34/h6,10-11,14-15,17,19H,3-5,7-9,12-13H2,1-2H3,(H,27,36)/t17-/m1/s1. The third kappa shape index (κ3) is 7.25. The molecule has 4 rings (SSSR count). The van der Waals surface area contributed by atoms with Crippen LogP contribution in [0.25, 0.3) is 0 Å². The molecule has 1 aliphatic heterocycles. The Balaban J connectivity index is 1.28. The van der Waals surface area contributed by atoms with Gasteiger partial charge in [-0.1, -0.05) is 23.2 Å². The van der Waals surface area contributed by atoms with Crippen LogP contribution >= 0.6 is 34.5 Å². The summed E-state index contributed by atoms with van der Waals surface area (Å²) < 4.78 is 0. The van der Waals surface area contributed by atoms with Gasteiger partial charge in [-0.15, -0.1) is 10.2 Å². The molecule has 1 saturated heterocycles. The molecule has 4 heterocycles. The quantitative estimate of drug-likeness (QED) is 0.375. The Kier molecular flexibility index (Phi) is 9.47. The topological polar surface area (TPSA) is 109 Å². The highest BCUT2D eigenvalue weighted by atomic mass is 35.5. The van der Waals surface area contributed by atoms with E-state index in [1.807, 2.05) is 10.3 Å². The minimum Gasteiger partial charge on any atom is -0.352 e. The molecule has 0 aliphatic carbocycles. The fraction of sp³-hybridized carbons (Fsp3) is 0.500. The van der Waals surface area contributed by atoms with Crippen molar-refractivity contribution in [2.24, 2.45) is 0 Å². The van der Waals surface area contributed by atoms with E-state index in [4.69, 9.17) is 23.2 Å². The molecule has 0 bridgehead atoms. The van der Waals surface area contributed by atoms with Crippen molar-refractivity contribution in [3.63, 3.8) is 0 Å². The van der Waals surface area contributed by atoms with Crippen LogP contribution in [0.3, 0.4) is 0 Å². The number of tetrazole rings is 1. The lowest BCUT2D eigenvalue weighted by atomic mass is 10.00. The van der Waals surface area contributed by atoms with Crippen molar-refractivity contribution in [1.82, 2.24) is 40.3 Å². The van der Waals surface area contributed by atoms with E-state index in [2.05, 4.69) is 49.0 Å². The van der Waals surface area contributed by atoms with Crippen LogP contribution in [0.4, 0.5) is 0 Å². The third-order valence-corrected chi connectivity index (χ3v) is 7.90. The second-order valence-electron chi connectivity index (χ2n) is 9.21. The van der Waals surface area contributed by atoms with E-state index in [1.54, 1.807) is 24.3 Å². The maximum atomic E-state index is 13.2. The summed E-state index contributed by atoms with van der Waals surface area (Å²) in [6.45, 7) is 6.88. The van der Waals surface area contributed by atoms with Crippen LogP contribution in [-0.4, -0.2) is 78.5 Å². The van der Waals surface area contributed by atoms with Crippen LogP contribution in [0.5, 0.6) is 0 Å². The van der Waals surface area contributed by atoms with Crippen molar-refractivity contribution >= 4 is 46.4 Å². The Morgan fingerprint density at radius 1 is 1.30 bits per heavy atom. The first-order valence-electron chi connectivity index (χ1n) is 12.2. The molecule has 0 unspecified atom stereocenters. The van der Waals surface area contributed by atoms with Crippen LogP contribution in [-0.2, 0) is 17.9 Å². The number of aryl methyl sites for hydroxylation is 1. The lowest BCUT2D eigenvalue weighted by Gasteiger charge is -2.40. The summed E-state index contributed by atoms with van der Waals surface area (Å²) >= 11 is 13.7. The van der Waals surface area contributed by atoms with Gasteiger partial charge in [-0.2, -0.15) is 16.1 Å². The fourth-order valence-electron chi connectivity index (χ4n) is 4.65. The molecular weight excluding hydrogens is 535 g/mol. The van der Waals surface area contributed by atoms with Crippen LogP contribution in [0, 0.1) is 6.92 Å². The second-order valence-corrected chi connectivity index (χ2v) is 10.7. The number of hydrogen-bond acceptors (Lipinski definition) is 8. The monoisotopic (exact) mass is 564 g/mol. The van der Waals surface area contributed by atoms with E-state index < -0.39 is 0 Å². The molecule has 0 spiro atoms. The zero-order chi connectivity index (χ0) is 26.4. The lowest BCUT2D eigenvalue weighted by molar-refractivity contribution is -0.136. The number of carbonyl (C=O) groups excluding carboxylic acids is 2. The first kappa shape index (κ1) is 27.4. The largest absolute Gasteiger partial charge is 0.352 e. The van der Waals surface area contributed by atoms with E-state index in [0.29, 0.717) is 24.2 Å². The molecule has 0 radical (unpaired) electrons. The van der Waals surface area contributed by atoms with Gasteiger partial charge < -0.3 is 15.1 Å². The zero-order valence-electron chi connectivity index (χ0n) is 20.8. The molecule has 1 atom stereocenters. The number of hydrogen-bond donors (Lipinski definition) is 1. The lowest BCUT2D eigenvalue weighted by Crippen LogP contribution is -2.50. The summed E-state index contributed by atoms with van der Waals surface area (Å²) in [5.41, 5.74) is 2.18. The highest BCUT2D eigenvalue weighted by Crippen LogP contribution is 2.23. The number of nitrogens with one attached hydrogen (secondary N) is 1. The number of pyridine rings is 1. The van der Waals surface area contributed by atoms with Crippen molar-refractivity contribution < 1.29 is 9.59 Å². The van der Waals surface area contributed by atoms with Gasteiger partial charge in [-0.05, 0) is 72.3 Å². The average Bonchev–Trinajstić information content (AvgIpc) is 3.56. The van der Waals surface area contributed by atoms with Crippen LogP contribution in [0.1, 0.15) is 47.7 Å². The summed E-state index contributed by atoms with van der Waals surface area (Å²) in [7, 11) is 0. The summed E-state index contributed by atoms with van der Waals surface area (Å²) in [6, 6.07) is 4.10. The van der Waals surface area contributed by atoms with Crippen molar-refractivity contribution in [1.29, 1.82) is 0 Å². The van der Waals surface area contributed by atoms with E-state index in [9.17, 15) is 9.59 Å². The normalized spacial score (nSPS) is 15.5. The molecule has 1 fully saturated rings. The number of likely N-dealkylation sites (tertiary alicyclic amines) is 1. The molecule has 1 aliphatic rings. The minimum absolute atomic E-state index is 0.0101. The van der Waals surface area contributed by atoms with E-state index >= 15 is 0 Å². The maximum Gasteiger partial charge on any atom is 0.254 e. The van der Waals surface area contributed by atoms with Gasteiger partial charge in [0.05, 0.1) is 5.56 Å². The van der Waals surface area contributed by atoms with Crippen LogP contribution < -0.4 is 5.32 Å². The fourth-order valence-corrected chi connectivity index (χ4v) is 5.92. The van der Waals surface area contributed by atoms with Crippen molar-refractivity contribution in [2.45, 2.75) is 58.3 Å². The number of nitrogens with zero attached hydrogens (tertiary/aromatic N) is 7. The van der Waals surface area contributed by atoms with Gasteiger partial charge in [0, 0.05) is 38.3 Å². The number of halogens is 2. The van der Waals surface area contributed by atoms with Gasteiger partial charge in [0.2, 0.25) is 5.91 Å². The Hall–Kier alpha value is -2.60. The van der Waals surface area contributed by atoms with Gasteiger partial charge in [0.1, 0.15) is 16.9 Å². The van der Waals surface area contributed by atoms with Crippen molar-refractivity contribution in [3.05, 3.63) is 56.2 Å². The van der Waals surface area contributed by atoms with Gasteiger partial charge in [0.25, 0.3) is 5.91 Å². The summed E-state index contributed by atoms with van der Waals surface area (Å²) in [5, 5.41) is 19.0. The second kappa shape index (κ2) is 12.8. The number of thiophene rings is 1. The van der Waals surface area contributed by atoms with Gasteiger partial charge in [-0.25, -0.2) is 4.98 Å². The predicted octanol–water partition coefficient (Wildman–Crippen LogP) is 3.45. The highest BCUT2D eigenvalue weighted by molar-refractivity contribution is 7.07. The molecule has 13 heteroatoms. The first-order chi connectivity index (χ1) is 17.8. The van der Waals surface area contributed by atoms with Gasteiger partial charge >= 0.3 is 0 Å². The first-order valence-corrected chi connectivity index (χ1v) is 13.9. The average molecular weight is 566 g/mol. The van der Waals surface area contributed by atoms with E-state index in [0.717, 1.165) is 37.9 Å². The molecule has 1 N–H and O–H groups in total. The number of aromatic nitrogens is 5. The van der Waals surface area contributed by atoms with Crippen LogP contribution in [0.15, 0.2) is 29.2 Å². The molecule has 198 valence electrons. The summed E-state index contributed by atoms with van der Waals surface area (Å²) in [4.78, 5) is 35.5. The number of carbonyl (C=O) groups is 2. The predicted molar refractivity (Wildman–Crippen MR) is 143 cm³/mol. The third-order valence-electron chi connectivity index (χ3n) is 6.70. The number of rotatable bonds is 10. The minimum atomic E-state index is -0.248. The Morgan fingerprint density at radius 2 is 2.08 bits per heavy atom. The Bertz CT molecular complexity index is 1160. The zero-order valence-corrected chi connectivity index (χ0v) is 23.1. The number of piperidine rings is 1. The smallest absolute Gasteiger partial charge is 0.254 e. The molecule has 0 saturated carbocycles. The summed E-state index contributed by atoms with van der Waals surface area (Å²) in [5.74, 6) is -0.258. The van der Waals surface area contributed by atoms with Crippen LogP contribution in [0.2, 0.25) is 10.3 Å². The molecule has 10 nitrogen and oxygen atoms in total. The SMILES string of the molecule is Cc1cc(Cl)nc(Cl)c1C(=O)NCC[C@@H](C)N1CCC(N(Cc2ccsc2)C(=O)Cn2ncnn2)CC1. The van der Waals surface area contributed by atoms with E-state index in [-0.39, 0.29) is 40.7 Å². The van der Waals surface area contributed by atoms with Gasteiger partial charge in [-0.3, -0.25) is 9.59 Å². The van der Waals surface area contributed by atoms with Crippen molar-refractivity contribution in [2.75, 3.05) is 19.6 Å². The van der Waals surface area contributed by atoms with Gasteiger partial charge in [0.15, 0.2) is 6.33 Å². The number of amides is 2. The molecular formula is C24H30Cl2N8O2S. The summed E-state index contributed by atoms with van der Waals surface area (Å²) in [6.07, 6.45) is 3.88. The van der Waals surface area contributed by atoms with Crippen molar-refractivity contribution in [3.8, 4) is 0 Å². The van der Waals surface area contributed by atoms with E-state index in [1.165, 1.54) is 11.1 Å². The highest BCUT2D eigenvalue weighted by Gasteiger charge is 2.30. The Labute approximate surface area is 229 Å². The molecule has 3 aromatic heterocycles. The molecule has 0 aromatic carbocycles. The maximum absolute atomic E-state index is 13.2. The molecule has 37 heavy (non-hydrogen) atoms. The Morgan fingerprint density at radius 3 is 2.73 bits per heavy atom.